The molecule has 27 heavy (non-hydrogen) atoms. The maximum atomic E-state index is 12.5. The minimum Gasteiger partial charge on any atom is -0.479 e. The number of hydrazine groups is 1. The summed E-state index contributed by atoms with van der Waals surface area (Å²) in [7, 11) is 3.71. The van der Waals surface area contributed by atoms with Crippen molar-refractivity contribution in [1.29, 1.82) is 0 Å². The summed E-state index contributed by atoms with van der Waals surface area (Å²) in [5, 5.41) is 1.89. The number of likely N-dealkylation sites (N-methyl/N-ethyl adjacent to an activating group) is 2. The number of benzene rings is 1. The molecule has 0 saturated carbocycles. The van der Waals surface area contributed by atoms with Crippen molar-refractivity contribution in [2.45, 2.75) is 25.9 Å². The quantitative estimate of drug-likeness (QED) is 0.763. The molecule has 0 aromatic heterocycles. The molecule has 8 heteroatoms. The van der Waals surface area contributed by atoms with E-state index in [1.54, 1.807) is 32.2 Å². The van der Waals surface area contributed by atoms with Crippen molar-refractivity contribution in [2.24, 2.45) is 0 Å². The van der Waals surface area contributed by atoms with Crippen LogP contribution in [0.1, 0.15) is 30.1 Å². The third-order valence-corrected chi connectivity index (χ3v) is 4.99. The van der Waals surface area contributed by atoms with Gasteiger partial charge in [-0.3, -0.25) is 19.8 Å². The van der Waals surface area contributed by atoms with E-state index in [1.165, 1.54) is 4.90 Å². The van der Waals surface area contributed by atoms with Crippen LogP contribution in [-0.4, -0.2) is 73.9 Å². The number of ketones is 1. The van der Waals surface area contributed by atoms with Crippen LogP contribution in [0.15, 0.2) is 18.2 Å². The molecule has 1 aromatic carbocycles. The molecule has 146 valence electrons. The first-order valence-corrected chi connectivity index (χ1v) is 9.19. The molecule has 1 aromatic rings. The Morgan fingerprint density at radius 3 is 2.56 bits per heavy atom. The Kier molecular flexibility index (Phi) is 5.76. The van der Waals surface area contributed by atoms with E-state index in [4.69, 9.17) is 4.74 Å². The summed E-state index contributed by atoms with van der Waals surface area (Å²) in [4.78, 5) is 40.3. The van der Waals surface area contributed by atoms with Crippen molar-refractivity contribution in [1.82, 2.24) is 15.3 Å². The fourth-order valence-electron chi connectivity index (χ4n) is 3.21. The number of nitrogens with zero attached hydrogens (tertiary/aromatic N) is 3. The highest BCUT2D eigenvalue weighted by Crippen LogP contribution is 2.34. The van der Waals surface area contributed by atoms with Gasteiger partial charge in [0.05, 0.1) is 5.69 Å². The van der Waals surface area contributed by atoms with E-state index in [2.05, 4.69) is 10.3 Å². The third kappa shape index (κ3) is 4.45. The fraction of sp³-hybridized carbons (Fsp3) is 0.526. The summed E-state index contributed by atoms with van der Waals surface area (Å²) < 4.78 is 5.56. The molecule has 0 radical (unpaired) electrons. The van der Waals surface area contributed by atoms with E-state index < -0.39 is 6.10 Å². The molecule has 2 aliphatic rings. The molecule has 2 aliphatic heterocycles. The molecule has 1 fully saturated rings. The lowest BCUT2D eigenvalue weighted by Crippen LogP contribution is -2.52. The van der Waals surface area contributed by atoms with Crippen LogP contribution in [0.5, 0.6) is 5.75 Å². The Morgan fingerprint density at radius 2 is 1.85 bits per heavy atom. The highest BCUT2D eigenvalue weighted by molar-refractivity contribution is 6.03. The minimum atomic E-state index is -0.540. The van der Waals surface area contributed by atoms with Gasteiger partial charge < -0.3 is 14.5 Å². The van der Waals surface area contributed by atoms with Gasteiger partial charge in [-0.05, 0) is 32.2 Å². The average molecular weight is 374 g/mol. The smallest absolute Gasteiger partial charge is 0.267 e. The average Bonchev–Trinajstić information content (AvgIpc) is 2.66. The summed E-state index contributed by atoms with van der Waals surface area (Å²) in [6.07, 6.45) is -0.292. The number of hydrogen-bond acceptors (Lipinski definition) is 6. The lowest BCUT2D eigenvalue weighted by Gasteiger charge is -2.32. The van der Waals surface area contributed by atoms with Crippen molar-refractivity contribution in [3.8, 4) is 5.75 Å². The number of hydrogen-bond donors (Lipinski definition) is 1. The van der Waals surface area contributed by atoms with Crippen molar-refractivity contribution in [3.63, 3.8) is 0 Å². The topological polar surface area (TPSA) is 82.2 Å². The molecule has 8 nitrogen and oxygen atoms in total. The number of Topliss-reactive ketones (excluding diaryl/α,β-unsaturated/α-hetero) is 1. The minimum absolute atomic E-state index is 0.118. The van der Waals surface area contributed by atoms with Gasteiger partial charge >= 0.3 is 0 Å². The van der Waals surface area contributed by atoms with Gasteiger partial charge in [0, 0.05) is 51.6 Å². The third-order valence-electron chi connectivity index (χ3n) is 4.99. The van der Waals surface area contributed by atoms with Gasteiger partial charge in [0.15, 0.2) is 11.9 Å². The first-order chi connectivity index (χ1) is 12.8. The largest absolute Gasteiger partial charge is 0.479 e. The summed E-state index contributed by atoms with van der Waals surface area (Å²) in [5.74, 6) is 0.133. The fourth-order valence-corrected chi connectivity index (χ4v) is 3.21. The van der Waals surface area contributed by atoms with E-state index in [-0.39, 0.29) is 30.4 Å². The lowest BCUT2D eigenvalue weighted by atomic mass is 10.0. The second-order valence-electron chi connectivity index (χ2n) is 7.09. The lowest BCUT2D eigenvalue weighted by molar-refractivity contribution is -0.126. The van der Waals surface area contributed by atoms with Crippen LogP contribution in [0.4, 0.5) is 5.69 Å². The normalized spacial score (nSPS) is 20.8. The number of fused-ring (bicyclic) bond motifs is 1. The molecule has 3 rings (SSSR count). The molecule has 2 heterocycles. The van der Waals surface area contributed by atoms with Crippen LogP contribution in [0.25, 0.3) is 0 Å². The van der Waals surface area contributed by atoms with E-state index in [0.29, 0.717) is 17.0 Å². The summed E-state index contributed by atoms with van der Waals surface area (Å²) >= 11 is 0. The second kappa shape index (κ2) is 8.06. The number of nitrogens with one attached hydrogen (secondary N) is 1. The predicted octanol–water partition coefficient (Wildman–Crippen LogP) is 0.672. The SMILES string of the molecule is CC1Oc2ccc(C(=O)CCC(=O)NN3CCN(C)CC3)cc2N(C)C1=O. The summed E-state index contributed by atoms with van der Waals surface area (Å²) in [6, 6.07) is 5.03. The molecule has 2 amide bonds. The van der Waals surface area contributed by atoms with Gasteiger partial charge in [0.2, 0.25) is 5.91 Å². The van der Waals surface area contributed by atoms with Crippen LogP contribution in [0, 0.1) is 0 Å². The number of rotatable bonds is 5. The molecule has 0 spiro atoms. The zero-order chi connectivity index (χ0) is 19.6. The number of amides is 2. The van der Waals surface area contributed by atoms with Gasteiger partial charge in [0.25, 0.3) is 5.91 Å². The van der Waals surface area contributed by atoms with Gasteiger partial charge in [-0.25, -0.2) is 5.01 Å². The van der Waals surface area contributed by atoms with E-state index >= 15 is 0 Å². The van der Waals surface area contributed by atoms with Gasteiger partial charge in [0.1, 0.15) is 5.75 Å². The number of anilines is 1. The Morgan fingerprint density at radius 1 is 1.15 bits per heavy atom. The number of carbonyl (C=O) groups excluding carboxylic acids is 3. The van der Waals surface area contributed by atoms with Crippen molar-refractivity contribution < 1.29 is 19.1 Å². The van der Waals surface area contributed by atoms with Gasteiger partial charge in [-0.2, -0.15) is 0 Å². The number of ether oxygens (including phenoxy) is 1. The number of piperazine rings is 1. The molecule has 0 bridgehead atoms. The monoisotopic (exact) mass is 374 g/mol. The zero-order valence-corrected chi connectivity index (χ0v) is 16.0. The van der Waals surface area contributed by atoms with Crippen LogP contribution in [0.3, 0.4) is 0 Å². The Labute approximate surface area is 159 Å². The van der Waals surface area contributed by atoms with Crippen LogP contribution < -0.4 is 15.1 Å². The maximum Gasteiger partial charge on any atom is 0.267 e. The zero-order valence-electron chi connectivity index (χ0n) is 16.0. The molecule has 0 aliphatic carbocycles. The van der Waals surface area contributed by atoms with Gasteiger partial charge in [-0.1, -0.05) is 0 Å². The molecular formula is C19H26N4O4. The standard InChI is InChI=1S/C19H26N4O4/c1-13-19(26)22(3)15-12-14(4-6-17(15)27-13)16(24)5-7-18(25)20-23-10-8-21(2)9-11-23/h4,6,12-13H,5,7-11H2,1-3H3,(H,20,25). The van der Waals surface area contributed by atoms with Gasteiger partial charge in [-0.15, -0.1) is 0 Å². The molecule has 1 N–H and O–H groups in total. The van der Waals surface area contributed by atoms with Crippen LogP contribution >= 0.6 is 0 Å². The van der Waals surface area contributed by atoms with E-state index in [0.717, 1.165) is 26.2 Å². The first-order valence-electron chi connectivity index (χ1n) is 9.19. The van der Waals surface area contributed by atoms with E-state index in [9.17, 15) is 14.4 Å². The molecule has 1 unspecified atom stereocenters. The highest BCUT2D eigenvalue weighted by atomic mass is 16.5. The Bertz CT molecular complexity index is 743. The van der Waals surface area contributed by atoms with Crippen molar-refractivity contribution >= 4 is 23.3 Å². The van der Waals surface area contributed by atoms with Crippen molar-refractivity contribution in [2.75, 3.05) is 45.2 Å². The molecular weight excluding hydrogens is 348 g/mol. The van der Waals surface area contributed by atoms with E-state index in [1.807, 2.05) is 12.1 Å². The molecule has 1 atom stereocenters. The Hall–Kier alpha value is -2.45. The van der Waals surface area contributed by atoms with Crippen LogP contribution in [0.2, 0.25) is 0 Å². The van der Waals surface area contributed by atoms with Crippen LogP contribution in [-0.2, 0) is 9.59 Å². The highest BCUT2D eigenvalue weighted by Gasteiger charge is 2.29. The predicted molar refractivity (Wildman–Crippen MR) is 101 cm³/mol. The van der Waals surface area contributed by atoms with Crippen molar-refractivity contribution in [3.05, 3.63) is 23.8 Å². The first kappa shape index (κ1) is 19.3. The summed E-state index contributed by atoms with van der Waals surface area (Å²) in [6.45, 7) is 5.06. The second-order valence-corrected chi connectivity index (χ2v) is 7.09. The summed E-state index contributed by atoms with van der Waals surface area (Å²) in [5.41, 5.74) is 3.90. The Balaban J connectivity index is 1.55. The number of carbonyl (C=O) groups is 3. The molecule has 1 saturated heterocycles. The maximum absolute atomic E-state index is 12.5.